The van der Waals surface area contributed by atoms with E-state index in [0.717, 1.165) is 5.69 Å². The van der Waals surface area contributed by atoms with E-state index in [1.807, 2.05) is 18.2 Å². The summed E-state index contributed by atoms with van der Waals surface area (Å²) < 4.78 is 9.30. The number of hydrogen-bond donors (Lipinski definition) is 0. The largest absolute Gasteiger partial charge is 0.450 e. The Hall–Kier alpha value is -1.82. The lowest BCUT2D eigenvalue weighted by Crippen LogP contribution is -2.30. The van der Waals surface area contributed by atoms with Crippen LogP contribution in [-0.4, -0.2) is 48.2 Å². The van der Waals surface area contributed by atoms with Gasteiger partial charge in [0.15, 0.2) is 0 Å². The molecule has 6 nitrogen and oxygen atoms in total. The van der Waals surface area contributed by atoms with Gasteiger partial charge in [-0.3, -0.25) is 4.98 Å². The second-order valence-electron chi connectivity index (χ2n) is 3.69. The summed E-state index contributed by atoms with van der Waals surface area (Å²) in [6, 6.07) is 5.61. The number of hydrogen-bond acceptors (Lipinski definition) is 5. The van der Waals surface area contributed by atoms with E-state index in [4.69, 9.17) is 16.3 Å². The molecule has 0 N–H and O–H groups in total. The molecule has 0 bridgehead atoms. The number of amides is 1. The molecule has 0 radical (unpaired) electrons. The summed E-state index contributed by atoms with van der Waals surface area (Å²) in [5.41, 5.74) is -0.0159. The van der Waals surface area contributed by atoms with Gasteiger partial charge in [-0.05, 0) is 12.1 Å². The number of pyridine rings is 1. The number of nitrogens with zero attached hydrogens (tertiary/aromatic N) is 2. The molecule has 1 amide bonds. The number of ether oxygens (including phenoxy) is 2. The monoisotopic (exact) mass is 286 g/mol. The van der Waals surface area contributed by atoms with Gasteiger partial charge in [-0.25, -0.2) is 9.59 Å². The highest BCUT2D eigenvalue weighted by Gasteiger charge is 2.10. The SMILES string of the molecule is CN(CCc1ccccn1)C(=O)OCCOC(=O)Cl. The first kappa shape index (κ1) is 15.2. The first-order valence-corrected chi connectivity index (χ1v) is 6.07. The van der Waals surface area contributed by atoms with Crippen LogP contribution >= 0.6 is 11.6 Å². The number of aromatic nitrogens is 1. The Labute approximate surface area is 116 Å². The van der Waals surface area contributed by atoms with Crippen molar-refractivity contribution in [2.24, 2.45) is 0 Å². The molecular weight excluding hydrogens is 272 g/mol. The van der Waals surface area contributed by atoms with Crippen molar-refractivity contribution >= 4 is 23.1 Å². The van der Waals surface area contributed by atoms with E-state index >= 15 is 0 Å². The van der Waals surface area contributed by atoms with Crippen LogP contribution in [0.5, 0.6) is 0 Å². The minimum atomic E-state index is -0.917. The lowest BCUT2D eigenvalue weighted by molar-refractivity contribution is 0.0848. The zero-order valence-corrected chi connectivity index (χ0v) is 11.3. The fraction of sp³-hybridized carbons (Fsp3) is 0.417. The smallest absolute Gasteiger partial charge is 0.409 e. The normalized spacial score (nSPS) is 9.79. The van der Waals surface area contributed by atoms with Crippen molar-refractivity contribution in [2.45, 2.75) is 6.42 Å². The lowest BCUT2D eigenvalue weighted by atomic mass is 10.2. The molecule has 1 heterocycles. The molecule has 7 heteroatoms. The maximum Gasteiger partial charge on any atom is 0.409 e. The average Bonchev–Trinajstić information content (AvgIpc) is 2.41. The summed E-state index contributed by atoms with van der Waals surface area (Å²) in [6.07, 6.45) is 1.86. The summed E-state index contributed by atoms with van der Waals surface area (Å²) in [7, 11) is 1.62. The summed E-state index contributed by atoms with van der Waals surface area (Å²) in [5, 5.41) is 0. The zero-order valence-electron chi connectivity index (χ0n) is 10.5. The van der Waals surface area contributed by atoms with Gasteiger partial charge < -0.3 is 14.4 Å². The fourth-order valence-corrected chi connectivity index (χ4v) is 1.36. The Morgan fingerprint density at radius 2 is 2.05 bits per heavy atom. The van der Waals surface area contributed by atoms with E-state index in [2.05, 4.69) is 9.72 Å². The maximum absolute atomic E-state index is 11.5. The van der Waals surface area contributed by atoms with E-state index in [0.29, 0.717) is 13.0 Å². The molecule has 0 saturated heterocycles. The van der Waals surface area contributed by atoms with Crippen molar-refractivity contribution in [3.8, 4) is 0 Å². The summed E-state index contributed by atoms with van der Waals surface area (Å²) >= 11 is 4.95. The van der Waals surface area contributed by atoms with Gasteiger partial charge >= 0.3 is 11.5 Å². The minimum absolute atomic E-state index is 0.0226. The van der Waals surface area contributed by atoms with Gasteiger partial charge in [-0.2, -0.15) is 0 Å². The molecule has 1 aromatic heterocycles. The predicted octanol–water partition coefficient (Wildman–Crippen LogP) is 2.07. The fourth-order valence-electron chi connectivity index (χ4n) is 1.28. The molecule has 0 saturated carbocycles. The molecular formula is C12H15ClN2O4. The Morgan fingerprint density at radius 1 is 1.32 bits per heavy atom. The van der Waals surface area contributed by atoms with Crippen LogP contribution in [0.25, 0.3) is 0 Å². The number of rotatable bonds is 6. The molecule has 0 aliphatic heterocycles. The van der Waals surface area contributed by atoms with Crippen LogP contribution in [0.2, 0.25) is 0 Å². The van der Waals surface area contributed by atoms with E-state index in [-0.39, 0.29) is 13.2 Å². The molecule has 1 aromatic rings. The molecule has 0 unspecified atom stereocenters. The molecule has 0 atom stereocenters. The Bertz CT molecular complexity index is 413. The third-order valence-electron chi connectivity index (χ3n) is 2.27. The van der Waals surface area contributed by atoms with E-state index in [1.54, 1.807) is 13.2 Å². The summed E-state index contributed by atoms with van der Waals surface area (Å²) in [5.74, 6) is 0. The van der Waals surface area contributed by atoms with E-state index in [9.17, 15) is 9.59 Å². The van der Waals surface area contributed by atoms with Crippen LogP contribution in [0.3, 0.4) is 0 Å². The van der Waals surface area contributed by atoms with Gasteiger partial charge in [0.05, 0.1) is 0 Å². The summed E-state index contributed by atoms with van der Waals surface area (Å²) in [6.45, 7) is 0.415. The van der Waals surface area contributed by atoms with Crippen molar-refractivity contribution in [3.63, 3.8) is 0 Å². The van der Waals surface area contributed by atoms with Crippen molar-refractivity contribution in [2.75, 3.05) is 26.8 Å². The third-order valence-corrected chi connectivity index (χ3v) is 2.37. The predicted molar refractivity (Wildman–Crippen MR) is 69.1 cm³/mol. The van der Waals surface area contributed by atoms with Crippen molar-refractivity contribution < 1.29 is 19.1 Å². The summed E-state index contributed by atoms with van der Waals surface area (Å²) in [4.78, 5) is 27.4. The van der Waals surface area contributed by atoms with Crippen molar-refractivity contribution in [1.82, 2.24) is 9.88 Å². The number of carbonyl (C=O) groups excluding carboxylic acids is 2. The van der Waals surface area contributed by atoms with Gasteiger partial charge in [-0.15, -0.1) is 0 Å². The minimum Gasteiger partial charge on any atom is -0.450 e. The van der Waals surface area contributed by atoms with Gasteiger partial charge in [0.25, 0.3) is 0 Å². The van der Waals surface area contributed by atoms with Gasteiger partial charge in [0, 0.05) is 43.5 Å². The first-order valence-electron chi connectivity index (χ1n) is 5.69. The molecule has 0 aliphatic rings. The maximum atomic E-state index is 11.5. The van der Waals surface area contributed by atoms with Crippen LogP contribution in [0, 0.1) is 0 Å². The first-order chi connectivity index (χ1) is 9.09. The molecule has 19 heavy (non-hydrogen) atoms. The van der Waals surface area contributed by atoms with Gasteiger partial charge in [0.2, 0.25) is 0 Å². The van der Waals surface area contributed by atoms with Crippen LogP contribution in [0.15, 0.2) is 24.4 Å². The van der Waals surface area contributed by atoms with Crippen LogP contribution in [0.1, 0.15) is 5.69 Å². The zero-order chi connectivity index (χ0) is 14.1. The van der Waals surface area contributed by atoms with Crippen molar-refractivity contribution in [3.05, 3.63) is 30.1 Å². The van der Waals surface area contributed by atoms with Crippen molar-refractivity contribution in [1.29, 1.82) is 0 Å². The quantitative estimate of drug-likeness (QED) is 0.591. The van der Waals surface area contributed by atoms with Crippen LogP contribution in [-0.2, 0) is 15.9 Å². The number of likely N-dealkylation sites (N-methyl/N-ethyl adjacent to an activating group) is 1. The second kappa shape index (κ2) is 8.31. The molecule has 1 rings (SSSR count). The van der Waals surface area contributed by atoms with E-state index in [1.165, 1.54) is 4.90 Å². The standard InChI is InChI=1S/C12H15ClN2O4/c1-15(7-5-10-4-2-3-6-14-10)12(17)19-9-8-18-11(13)16/h2-4,6H,5,7-9H2,1H3. The van der Waals surface area contributed by atoms with E-state index < -0.39 is 11.5 Å². The highest BCUT2D eigenvalue weighted by atomic mass is 35.5. The van der Waals surface area contributed by atoms with Gasteiger partial charge in [-0.1, -0.05) is 6.07 Å². The second-order valence-corrected chi connectivity index (χ2v) is 4.00. The number of halogens is 1. The van der Waals surface area contributed by atoms with Crippen LogP contribution in [0.4, 0.5) is 9.59 Å². The molecule has 104 valence electrons. The Morgan fingerprint density at radius 3 is 2.68 bits per heavy atom. The molecule has 0 aromatic carbocycles. The average molecular weight is 287 g/mol. The highest BCUT2D eigenvalue weighted by molar-refractivity contribution is 6.61. The topological polar surface area (TPSA) is 68.7 Å². The lowest BCUT2D eigenvalue weighted by Gasteiger charge is -2.16. The Kier molecular flexibility index (Phi) is 6.67. The highest BCUT2D eigenvalue weighted by Crippen LogP contribution is 1.98. The molecule has 0 aliphatic carbocycles. The van der Waals surface area contributed by atoms with Gasteiger partial charge in [0.1, 0.15) is 13.2 Å². The molecule has 0 fully saturated rings. The third kappa shape index (κ3) is 6.61. The Balaban J connectivity index is 2.20. The number of carbonyl (C=O) groups is 2. The van der Waals surface area contributed by atoms with Crippen LogP contribution < -0.4 is 0 Å². The molecule has 0 spiro atoms.